The van der Waals surface area contributed by atoms with Gasteiger partial charge in [0.05, 0.1) is 6.20 Å². The number of aryl methyl sites for hydroxylation is 1. The van der Waals surface area contributed by atoms with Gasteiger partial charge in [0.2, 0.25) is 0 Å². The van der Waals surface area contributed by atoms with Crippen molar-refractivity contribution in [1.29, 1.82) is 0 Å². The quantitative estimate of drug-likeness (QED) is 0.765. The minimum Gasteiger partial charge on any atom is -0.480 e. The van der Waals surface area contributed by atoms with Crippen LogP contribution in [-0.2, 0) is 11.8 Å². The summed E-state index contributed by atoms with van der Waals surface area (Å²) in [5.74, 6) is -0.770. The Morgan fingerprint density at radius 1 is 1.71 bits per heavy atom. The molecule has 2 atom stereocenters. The SMILES string of the molecule is CC(c1cnn(C)c1)N1CCNCC1C(=O)O. The van der Waals surface area contributed by atoms with Gasteiger partial charge in [-0.25, -0.2) is 0 Å². The van der Waals surface area contributed by atoms with Crippen LogP contribution in [-0.4, -0.2) is 51.4 Å². The molecule has 2 N–H and O–H groups in total. The molecule has 1 aromatic heterocycles. The Balaban J connectivity index is 2.16. The van der Waals surface area contributed by atoms with Crippen LogP contribution in [0.25, 0.3) is 0 Å². The lowest BCUT2D eigenvalue weighted by atomic mass is 10.1. The van der Waals surface area contributed by atoms with Gasteiger partial charge in [0, 0.05) is 44.5 Å². The van der Waals surface area contributed by atoms with Crippen molar-refractivity contribution in [3.05, 3.63) is 18.0 Å². The molecular formula is C11H18N4O2. The molecule has 0 radical (unpaired) electrons. The summed E-state index contributed by atoms with van der Waals surface area (Å²) in [5.41, 5.74) is 1.06. The van der Waals surface area contributed by atoms with Crippen LogP contribution < -0.4 is 5.32 Å². The summed E-state index contributed by atoms with van der Waals surface area (Å²) in [7, 11) is 1.86. The highest BCUT2D eigenvalue weighted by Gasteiger charge is 2.32. The topological polar surface area (TPSA) is 70.4 Å². The summed E-state index contributed by atoms with van der Waals surface area (Å²) < 4.78 is 1.74. The van der Waals surface area contributed by atoms with Crippen LogP contribution in [0.3, 0.4) is 0 Å². The van der Waals surface area contributed by atoms with Crippen molar-refractivity contribution in [2.75, 3.05) is 19.6 Å². The maximum atomic E-state index is 11.2. The van der Waals surface area contributed by atoms with E-state index < -0.39 is 12.0 Å². The van der Waals surface area contributed by atoms with Gasteiger partial charge in [-0.15, -0.1) is 0 Å². The summed E-state index contributed by atoms with van der Waals surface area (Å²) in [6.45, 7) is 4.10. The lowest BCUT2D eigenvalue weighted by Crippen LogP contribution is -2.55. The first-order valence-electron chi connectivity index (χ1n) is 5.77. The van der Waals surface area contributed by atoms with Gasteiger partial charge in [-0.2, -0.15) is 5.10 Å². The van der Waals surface area contributed by atoms with Gasteiger partial charge in [-0.1, -0.05) is 0 Å². The lowest BCUT2D eigenvalue weighted by molar-refractivity contribution is -0.145. The number of nitrogens with zero attached hydrogens (tertiary/aromatic N) is 3. The Labute approximate surface area is 100 Å². The standard InChI is InChI=1S/C11H18N4O2/c1-8(9-5-13-14(2)7-9)15-4-3-12-6-10(15)11(16)17/h5,7-8,10,12H,3-4,6H2,1-2H3,(H,16,17). The predicted molar refractivity (Wildman–Crippen MR) is 62.6 cm³/mol. The molecule has 0 bridgehead atoms. The van der Waals surface area contributed by atoms with E-state index in [4.69, 9.17) is 0 Å². The second-order valence-corrected chi connectivity index (χ2v) is 4.42. The number of carboxylic acids is 1. The molecular weight excluding hydrogens is 220 g/mol. The Morgan fingerprint density at radius 3 is 3.06 bits per heavy atom. The minimum absolute atomic E-state index is 0.0758. The van der Waals surface area contributed by atoms with E-state index in [1.54, 1.807) is 10.9 Å². The Morgan fingerprint density at radius 2 is 2.47 bits per heavy atom. The highest BCUT2D eigenvalue weighted by Crippen LogP contribution is 2.22. The zero-order chi connectivity index (χ0) is 12.4. The van der Waals surface area contributed by atoms with E-state index in [2.05, 4.69) is 10.4 Å². The van der Waals surface area contributed by atoms with Crippen LogP contribution in [0.2, 0.25) is 0 Å². The van der Waals surface area contributed by atoms with Gasteiger partial charge >= 0.3 is 5.97 Å². The molecule has 2 unspecified atom stereocenters. The number of piperazine rings is 1. The third-order valence-electron chi connectivity index (χ3n) is 3.27. The van der Waals surface area contributed by atoms with Crippen LogP contribution in [0.1, 0.15) is 18.5 Å². The van der Waals surface area contributed by atoms with Crippen LogP contribution in [0.5, 0.6) is 0 Å². The van der Waals surface area contributed by atoms with Crippen molar-refractivity contribution < 1.29 is 9.90 Å². The average Bonchev–Trinajstić information content (AvgIpc) is 2.75. The Bertz CT molecular complexity index is 404. The molecule has 1 aromatic rings. The summed E-state index contributed by atoms with van der Waals surface area (Å²) in [5, 5.41) is 16.5. The van der Waals surface area contributed by atoms with E-state index in [0.29, 0.717) is 6.54 Å². The van der Waals surface area contributed by atoms with Crippen LogP contribution in [0.15, 0.2) is 12.4 Å². The monoisotopic (exact) mass is 238 g/mol. The normalized spacial score (nSPS) is 23.5. The Kier molecular flexibility index (Phi) is 3.44. The summed E-state index contributed by atoms with van der Waals surface area (Å²) in [6, 6.07) is -0.383. The van der Waals surface area contributed by atoms with Crippen molar-refractivity contribution in [3.63, 3.8) is 0 Å². The fraction of sp³-hybridized carbons (Fsp3) is 0.636. The molecule has 1 saturated heterocycles. The molecule has 0 saturated carbocycles. The molecule has 0 aromatic carbocycles. The molecule has 6 heteroatoms. The minimum atomic E-state index is -0.770. The Hall–Kier alpha value is -1.40. The number of aromatic nitrogens is 2. The maximum Gasteiger partial charge on any atom is 0.322 e. The van der Waals surface area contributed by atoms with E-state index in [1.165, 1.54) is 0 Å². The fourth-order valence-electron chi connectivity index (χ4n) is 2.26. The molecule has 1 fully saturated rings. The molecule has 6 nitrogen and oxygen atoms in total. The third kappa shape index (κ3) is 2.48. The number of nitrogens with one attached hydrogen (secondary N) is 1. The van der Waals surface area contributed by atoms with Gasteiger partial charge in [-0.05, 0) is 6.92 Å². The second kappa shape index (κ2) is 4.85. The summed E-state index contributed by atoms with van der Waals surface area (Å²) in [6.07, 6.45) is 3.73. The number of hydrogen-bond acceptors (Lipinski definition) is 4. The van der Waals surface area contributed by atoms with Crippen molar-refractivity contribution >= 4 is 5.97 Å². The molecule has 0 amide bonds. The summed E-state index contributed by atoms with van der Waals surface area (Å²) >= 11 is 0. The van der Waals surface area contributed by atoms with Gasteiger partial charge in [0.15, 0.2) is 0 Å². The van der Waals surface area contributed by atoms with Gasteiger partial charge < -0.3 is 10.4 Å². The number of hydrogen-bond donors (Lipinski definition) is 2. The first kappa shape index (κ1) is 12.1. The molecule has 94 valence electrons. The van der Waals surface area contributed by atoms with Gasteiger partial charge in [0.25, 0.3) is 0 Å². The highest BCUT2D eigenvalue weighted by atomic mass is 16.4. The molecule has 0 aliphatic carbocycles. The zero-order valence-electron chi connectivity index (χ0n) is 10.1. The largest absolute Gasteiger partial charge is 0.480 e. The van der Waals surface area contributed by atoms with E-state index in [-0.39, 0.29) is 6.04 Å². The second-order valence-electron chi connectivity index (χ2n) is 4.42. The first-order chi connectivity index (χ1) is 8.09. The third-order valence-corrected chi connectivity index (χ3v) is 3.27. The molecule has 1 aliphatic heterocycles. The number of aliphatic carboxylic acids is 1. The first-order valence-corrected chi connectivity index (χ1v) is 5.77. The molecule has 17 heavy (non-hydrogen) atoms. The van der Waals surface area contributed by atoms with Crippen LogP contribution in [0.4, 0.5) is 0 Å². The van der Waals surface area contributed by atoms with Crippen molar-refractivity contribution in [3.8, 4) is 0 Å². The van der Waals surface area contributed by atoms with Crippen molar-refractivity contribution in [1.82, 2.24) is 20.0 Å². The molecule has 0 spiro atoms. The van der Waals surface area contributed by atoms with E-state index in [9.17, 15) is 9.90 Å². The van der Waals surface area contributed by atoms with E-state index in [0.717, 1.165) is 18.7 Å². The number of rotatable bonds is 3. The molecule has 2 rings (SSSR count). The van der Waals surface area contributed by atoms with Gasteiger partial charge in [-0.3, -0.25) is 14.4 Å². The smallest absolute Gasteiger partial charge is 0.322 e. The fourth-order valence-corrected chi connectivity index (χ4v) is 2.26. The predicted octanol–water partition coefficient (Wildman–Crippen LogP) is -0.160. The number of carbonyl (C=O) groups is 1. The maximum absolute atomic E-state index is 11.2. The molecule has 2 heterocycles. The van der Waals surface area contributed by atoms with Crippen molar-refractivity contribution in [2.45, 2.75) is 19.0 Å². The van der Waals surface area contributed by atoms with E-state index in [1.807, 2.05) is 25.1 Å². The van der Waals surface area contributed by atoms with Crippen LogP contribution in [0, 0.1) is 0 Å². The van der Waals surface area contributed by atoms with Crippen LogP contribution >= 0.6 is 0 Å². The summed E-state index contributed by atoms with van der Waals surface area (Å²) in [4.78, 5) is 13.2. The van der Waals surface area contributed by atoms with E-state index >= 15 is 0 Å². The van der Waals surface area contributed by atoms with Crippen molar-refractivity contribution in [2.24, 2.45) is 7.05 Å². The number of carboxylic acid groups (broad SMARTS) is 1. The lowest BCUT2D eigenvalue weighted by Gasteiger charge is -2.37. The average molecular weight is 238 g/mol. The molecule has 1 aliphatic rings. The zero-order valence-corrected chi connectivity index (χ0v) is 10.1. The highest BCUT2D eigenvalue weighted by molar-refractivity contribution is 5.74. The van der Waals surface area contributed by atoms with Gasteiger partial charge in [0.1, 0.15) is 6.04 Å².